The summed E-state index contributed by atoms with van der Waals surface area (Å²) in [5.41, 5.74) is 1.60. The van der Waals surface area contributed by atoms with Crippen molar-refractivity contribution in [1.82, 2.24) is 4.90 Å². The Hall–Kier alpha value is -2.37. The number of rotatable bonds is 5. The minimum atomic E-state index is -1.02. The molecule has 1 aromatic rings. The van der Waals surface area contributed by atoms with Crippen molar-refractivity contribution >= 4 is 17.6 Å². The van der Waals surface area contributed by atoms with Crippen LogP contribution in [0.3, 0.4) is 0 Å². The molecule has 1 heterocycles. The Kier molecular flexibility index (Phi) is 4.57. The van der Waals surface area contributed by atoms with Crippen molar-refractivity contribution in [3.05, 3.63) is 35.9 Å². The van der Waals surface area contributed by atoms with Crippen molar-refractivity contribution in [3.8, 4) is 0 Å². The number of carboxylic acids is 1. The summed E-state index contributed by atoms with van der Waals surface area (Å²) in [6.07, 6.45) is -0.0569. The first-order chi connectivity index (χ1) is 10.0. The Morgan fingerprint density at radius 2 is 2.10 bits per heavy atom. The maximum atomic E-state index is 12.3. The normalized spacial score (nSPS) is 18.6. The van der Waals surface area contributed by atoms with Crippen LogP contribution in [0.4, 0.5) is 0 Å². The van der Waals surface area contributed by atoms with E-state index in [1.807, 2.05) is 30.3 Å². The average Bonchev–Trinajstić information content (AvgIpc) is 2.97. The molecule has 6 heteroatoms. The van der Waals surface area contributed by atoms with Crippen LogP contribution in [-0.4, -0.2) is 46.8 Å². The van der Waals surface area contributed by atoms with E-state index >= 15 is 0 Å². The van der Waals surface area contributed by atoms with Crippen molar-refractivity contribution in [2.24, 2.45) is 5.16 Å². The first-order valence-corrected chi connectivity index (χ1v) is 6.82. The van der Waals surface area contributed by atoms with Gasteiger partial charge in [0, 0.05) is 13.5 Å². The largest absolute Gasteiger partial charge is 0.480 e. The van der Waals surface area contributed by atoms with Crippen molar-refractivity contribution in [2.45, 2.75) is 31.9 Å². The molecule has 2 unspecified atom stereocenters. The SMILES string of the molecule is CCC(C(=O)O)N(C)C(=O)C1CC(c2ccccc2)=NO1. The molecule has 0 aliphatic carbocycles. The van der Waals surface area contributed by atoms with Gasteiger partial charge in [-0.3, -0.25) is 4.79 Å². The van der Waals surface area contributed by atoms with E-state index in [0.717, 1.165) is 5.56 Å². The topological polar surface area (TPSA) is 79.2 Å². The lowest BCUT2D eigenvalue weighted by atomic mass is 10.0. The second-order valence-electron chi connectivity index (χ2n) is 4.91. The van der Waals surface area contributed by atoms with E-state index in [4.69, 9.17) is 9.94 Å². The van der Waals surface area contributed by atoms with Gasteiger partial charge in [0.15, 0.2) is 0 Å². The van der Waals surface area contributed by atoms with Crippen molar-refractivity contribution in [3.63, 3.8) is 0 Å². The van der Waals surface area contributed by atoms with E-state index in [1.54, 1.807) is 6.92 Å². The van der Waals surface area contributed by atoms with Crippen LogP contribution in [-0.2, 0) is 14.4 Å². The summed E-state index contributed by atoms with van der Waals surface area (Å²) >= 11 is 0. The zero-order valence-corrected chi connectivity index (χ0v) is 12.0. The minimum Gasteiger partial charge on any atom is -0.480 e. The Morgan fingerprint density at radius 3 is 2.67 bits per heavy atom. The molecule has 1 N–H and O–H groups in total. The first kappa shape index (κ1) is 15.0. The third kappa shape index (κ3) is 3.21. The van der Waals surface area contributed by atoms with Crippen LogP contribution >= 0.6 is 0 Å². The van der Waals surface area contributed by atoms with E-state index in [2.05, 4.69) is 5.16 Å². The predicted molar refractivity (Wildman–Crippen MR) is 77.0 cm³/mol. The Labute approximate surface area is 123 Å². The van der Waals surface area contributed by atoms with Crippen molar-refractivity contribution < 1.29 is 19.5 Å². The van der Waals surface area contributed by atoms with Gasteiger partial charge >= 0.3 is 5.97 Å². The van der Waals surface area contributed by atoms with E-state index in [1.165, 1.54) is 11.9 Å². The molecular formula is C15H18N2O4. The molecule has 0 saturated carbocycles. The number of hydrogen-bond acceptors (Lipinski definition) is 4. The number of hydrogen-bond donors (Lipinski definition) is 1. The number of amides is 1. The molecule has 0 fully saturated rings. The zero-order valence-electron chi connectivity index (χ0n) is 12.0. The molecule has 1 aromatic carbocycles. The van der Waals surface area contributed by atoms with E-state index in [0.29, 0.717) is 18.6 Å². The third-order valence-corrected chi connectivity index (χ3v) is 3.54. The fourth-order valence-corrected chi connectivity index (χ4v) is 2.31. The molecule has 21 heavy (non-hydrogen) atoms. The minimum absolute atomic E-state index is 0.344. The second-order valence-corrected chi connectivity index (χ2v) is 4.91. The van der Waals surface area contributed by atoms with Gasteiger partial charge in [0.05, 0.1) is 5.71 Å². The number of benzene rings is 1. The standard InChI is InChI=1S/C15H18N2O4/c1-3-12(15(19)20)17(2)14(18)13-9-11(16-21-13)10-7-5-4-6-8-10/h4-8,12-13H,3,9H2,1-2H3,(H,19,20). The maximum absolute atomic E-state index is 12.3. The molecule has 1 amide bonds. The summed E-state index contributed by atoms with van der Waals surface area (Å²) in [5, 5.41) is 13.0. The molecule has 2 atom stereocenters. The summed E-state index contributed by atoms with van der Waals surface area (Å²) < 4.78 is 0. The number of carbonyl (C=O) groups excluding carboxylic acids is 1. The number of aliphatic carboxylic acids is 1. The molecule has 0 bridgehead atoms. The van der Waals surface area contributed by atoms with Crippen molar-refractivity contribution in [2.75, 3.05) is 7.05 Å². The van der Waals surface area contributed by atoms with Gasteiger partial charge in [-0.25, -0.2) is 4.79 Å². The van der Waals surface area contributed by atoms with Crippen LogP contribution < -0.4 is 0 Å². The van der Waals surface area contributed by atoms with Gasteiger partial charge in [0.25, 0.3) is 5.91 Å². The molecule has 1 aliphatic rings. The number of likely N-dealkylation sites (N-methyl/N-ethyl adjacent to an activating group) is 1. The third-order valence-electron chi connectivity index (χ3n) is 3.54. The van der Waals surface area contributed by atoms with Gasteiger partial charge in [-0.2, -0.15) is 0 Å². The van der Waals surface area contributed by atoms with Gasteiger partial charge in [0.2, 0.25) is 6.10 Å². The highest BCUT2D eigenvalue weighted by Crippen LogP contribution is 2.19. The zero-order chi connectivity index (χ0) is 15.4. The Bertz CT molecular complexity index is 556. The van der Waals surface area contributed by atoms with E-state index < -0.39 is 18.1 Å². The second kappa shape index (κ2) is 6.39. The molecular weight excluding hydrogens is 272 g/mol. The monoisotopic (exact) mass is 290 g/mol. The predicted octanol–water partition coefficient (Wildman–Crippen LogP) is 1.50. The molecule has 0 saturated heterocycles. The lowest BCUT2D eigenvalue weighted by Gasteiger charge is -2.25. The fraction of sp³-hybridized carbons (Fsp3) is 0.400. The van der Waals surface area contributed by atoms with Crippen LogP contribution in [0.5, 0.6) is 0 Å². The lowest BCUT2D eigenvalue weighted by molar-refractivity contribution is -0.153. The Morgan fingerprint density at radius 1 is 1.43 bits per heavy atom. The van der Waals surface area contributed by atoms with E-state index in [9.17, 15) is 9.59 Å². The summed E-state index contributed by atoms with van der Waals surface area (Å²) in [5.74, 6) is -1.38. The highest BCUT2D eigenvalue weighted by atomic mass is 16.6. The van der Waals surface area contributed by atoms with Crippen LogP contribution in [0.2, 0.25) is 0 Å². The Balaban J connectivity index is 2.02. The smallest absolute Gasteiger partial charge is 0.326 e. The highest BCUT2D eigenvalue weighted by molar-refractivity contribution is 6.04. The summed E-state index contributed by atoms with van der Waals surface area (Å²) in [6, 6.07) is 8.61. The van der Waals surface area contributed by atoms with Gasteiger partial charge in [-0.05, 0) is 12.0 Å². The first-order valence-electron chi connectivity index (χ1n) is 6.82. The van der Waals surface area contributed by atoms with Crippen LogP contribution in [0, 0.1) is 0 Å². The maximum Gasteiger partial charge on any atom is 0.326 e. The molecule has 0 spiro atoms. The summed E-state index contributed by atoms with van der Waals surface area (Å²) in [7, 11) is 1.48. The van der Waals surface area contributed by atoms with E-state index in [-0.39, 0.29) is 5.91 Å². The van der Waals surface area contributed by atoms with Crippen LogP contribution in [0.15, 0.2) is 35.5 Å². The number of oxime groups is 1. The molecule has 1 aliphatic heterocycles. The number of carboxylic acid groups (broad SMARTS) is 1. The molecule has 2 rings (SSSR count). The molecule has 112 valence electrons. The summed E-state index contributed by atoms with van der Waals surface area (Å²) in [4.78, 5) is 29.8. The van der Waals surface area contributed by atoms with Gasteiger partial charge in [-0.1, -0.05) is 42.4 Å². The fourth-order valence-electron chi connectivity index (χ4n) is 2.31. The van der Waals surface area contributed by atoms with Gasteiger partial charge in [0.1, 0.15) is 6.04 Å². The average molecular weight is 290 g/mol. The molecule has 6 nitrogen and oxygen atoms in total. The molecule has 0 radical (unpaired) electrons. The summed E-state index contributed by atoms with van der Waals surface area (Å²) in [6.45, 7) is 1.73. The quantitative estimate of drug-likeness (QED) is 0.891. The van der Waals surface area contributed by atoms with Crippen LogP contribution in [0.1, 0.15) is 25.3 Å². The van der Waals surface area contributed by atoms with Gasteiger partial charge < -0.3 is 14.8 Å². The lowest BCUT2D eigenvalue weighted by Crippen LogP contribution is -2.46. The van der Waals surface area contributed by atoms with Gasteiger partial charge in [-0.15, -0.1) is 0 Å². The van der Waals surface area contributed by atoms with Crippen LogP contribution in [0.25, 0.3) is 0 Å². The van der Waals surface area contributed by atoms with Crippen molar-refractivity contribution in [1.29, 1.82) is 0 Å². The highest BCUT2D eigenvalue weighted by Gasteiger charge is 2.35. The molecule has 0 aromatic heterocycles. The number of carbonyl (C=O) groups is 2. The number of nitrogens with zero attached hydrogens (tertiary/aromatic N) is 2.